The summed E-state index contributed by atoms with van der Waals surface area (Å²) < 4.78 is 25.8. The lowest BCUT2D eigenvalue weighted by Crippen LogP contribution is -2.18. The Kier molecular flexibility index (Phi) is 5.44. The lowest BCUT2D eigenvalue weighted by molar-refractivity contribution is 0.0994. The molecule has 4 aromatic rings. The molecule has 9 heteroatoms. The summed E-state index contributed by atoms with van der Waals surface area (Å²) in [6, 6.07) is 12.6. The number of pyridine rings is 1. The number of benzene rings is 1. The zero-order valence-electron chi connectivity index (χ0n) is 15.8. The van der Waals surface area contributed by atoms with E-state index in [0.29, 0.717) is 22.1 Å². The molecule has 3 aromatic heterocycles. The lowest BCUT2D eigenvalue weighted by atomic mass is 10.1. The summed E-state index contributed by atoms with van der Waals surface area (Å²) in [7, 11) is 1.40. The summed E-state index contributed by atoms with van der Waals surface area (Å²) in [5.74, 6) is -0.241. The van der Waals surface area contributed by atoms with Crippen LogP contribution in [-0.2, 0) is 6.54 Å². The predicted molar refractivity (Wildman–Crippen MR) is 111 cm³/mol. The molecule has 4 rings (SSSR count). The molecular formula is C21H16FN3O4S. The molecule has 7 nitrogen and oxygen atoms in total. The van der Waals surface area contributed by atoms with Gasteiger partial charge in [0.1, 0.15) is 5.76 Å². The van der Waals surface area contributed by atoms with Crippen molar-refractivity contribution in [3.63, 3.8) is 0 Å². The number of furan rings is 1. The number of amides is 1. The smallest absolute Gasteiger partial charge is 0.293 e. The SMILES string of the molecule is COc1ccc(-c2csc(NC(=O)c3ccc(Cn4ccccc4=O)o3)n2)cc1F. The number of carbonyl (C=O) groups excluding carboxylic acids is 1. The van der Waals surface area contributed by atoms with Gasteiger partial charge in [0.2, 0.25) is 0 Å². The Morgan fingerprint density at radius 1 is 1.27 bits per heavy atom. The number of anilines is 1. The maximum atomic E-state index is 13.9. The summed E-state index contributed by atoms with van der Waals surface area (Å²) in [6.45, 7) is 0.220. The number of hydrogen-bond acceptors (Lipinski definition) is 6. The molecule has 0 aliphatic rings. The first-order valence-electron chi connectivity index (χ1n) is 8.88. The van der Waals surface area contributed by atoms with Crippen LogP contribution in [0.2, 0.25) is 0 Å². The fourth-order valence-electron chi connectivity index (χ4n) is 2.79. The Bertz CT molecular complexity index is 1260. The maximum Gasteiger partial charge on any atom is 0.293 e. The minimum atomic E-state index is -0.491. The molecule has 0 saturated carbocycles. The second kappa shape index (κ2) is 8.34. The van der Waals surface area contributed by atoms with E-state index < -0.39 is 11.7 Å². The second-order valence-corrected chi connectivity index (χ2v) is 7.13. The quantitative estimate of drug-likeness (QED) is 0.504. The monoisotopic (exact) mass is 425 g/mol. The van der Waals surface area contributed by atoms with Gasteiger partial charge in [0.25, 0.3) is 11.5 Å². The van der Waals surface area contributed by atoms with Gasteiger partial charge in [-0.15, -0.1) is 11.3 Å². The number of carbonyl (C=O) groups is 1. The molecule has 0 aliphatic heterocycles. The number of nitrogens with one attached hydrogen (secondary N) is 1. The van der Waals surface area contributed by atoms with E-state index in [4.69, 9.17) is 9.15 Å². The molecule has 30 heavy (non-hydrogen) atoms. The Balaban J connectivity index is 1.45. The van der Waals surface area contributed by atoms with E-state index in [1.54, 1.807) is 35.8 Å². The minimum Gasteiger partial charge on any atom is -0.494 e. The van der Waals surface area contributed by atoms with Gasteiger partial charge >= 0.3 is 0 Å². The number of thiazole rings is 1. The number of nitrogens with zero attached hydrogens (tertiary/aromatic N) is 2. The van der Waals surface area contributed by atoms with Gasteiger partial charge in [0.05, 0.1) is 19.3 Å². The summed E-state index contributed by atoms with van der Waals surface area (Å²) in [5.41, 5.74) is 0.935. The van der Waals surface area contributed by atoms with Crippen molar-refractivity contribution in [2.75, 3.05) is 12.4 Å². The summed E-state index contributed by atoms with van der Waals surface area (Å²) in [4.78, 5) is 28.6. The van der Waals surface area contributed by atoms with Gasteiger partial charge in [0.15, 0.2) is 22.5 Å². The third-order valence-electron chi connectivity index (χ3n) is 4.28. The standard InChI is InChI=1S/C21H16FN3O4S/c1-28-17-7-5-13(10-15(17)22)16-12-30-21(23-16)24-20(27)18-8-6-14(29-18)11-25-9-3-2-4-19(25)26/h2-10,12H,11H2,1H3,(H,23,24,27). The van der Waals surface area contributed by atoms with Crippen LogP contribution in [0, 0.1) is 5.82 Å². The molecule has 1 amide bonds. The maximum absolute atomic E-state index is 13.9. The van der Waals surface area contributed by atoms with Gasteiger partial charge in [-0.1, -0.05) is 6.07 Å². The number of hydrogen-bond donors (Lipinski definition) is 1. The molecule has 1 N–H and O–H groups in total. The van der Waals surface area contributed by atoms with Crippen LogP contribution >= 0.6 is 11.3 Å². The van der Waals surface area contributed by atoms with Gasteiger partial charge in [-0.25, -0.2) is 9.37 Å². The summed E-state index contributed by atoms with van der Waals surface area (Å²) >= 11 is 1.21. The van der Waals surface area contributed by atoms with E-state index in [-0.39, 0.29) is 23.6 Å². The largest absolute Gasteiger partial charge is 0.494 e. The second-order valence-electron chi connectivity index (χ2n) is 6.27. The molecule has 152 valence electrons. The van der Waals surface area contributed by atoms with E-state index in [9.17, 15) is 14.0 Å². The van der Waals surface area contributed by atoms with E-state index >= 15 is 0 Å². The highest BCUT2D eigenvalue weighted by atomic mass is 32.1. The fourth-order valence-corrected chi connectivity index (χ4v) is 3.51. The number of methoxy groups -OCH3 is 1. The molecule has 0 atom stereocenters. The molecule has 0 spiro atoms. The molecule has 0 bridgehead atoms. The van der Waals surface area contributed by atoms with Crippen molar-refractivity contribution >= 4 is 22.4 Å². The van der Waals surface area contributed by atoms with Crippen LogP contribution in [0.5, 0.6) is 5.75 Å². The molecule has 0 unspecified atom stereocenters. The Hall–Kier alpha value is -3.72. The molecule has 0 saturated heterocycles. The van der Waals surface area contributed by atoms with Crippen LogP contribution in [0.15, 0.2) is 69.3 Å². The molecule has 1 aromatic carbocycles. The van der Waals surface area contributed by atoms with Crippen molar-refractivity contribution < 1.29 is 18.3 Å². The number of halogens is 1. The fraction of sp³-hybridized carbons (Fsp3) is 0.0952. The van der Waals surface area contributed by atoms with E-state index in [1.165, 1.54) is 47.3 Å². The lowest BCUT2D eigenvalue weighted by Gasteiger charge is -2.03. The topological polar surface area (TPSA) is 86.4 Å². The third kappa shape index (κ3) is 4.15. The van der Waals surface area contributed by atoms with Crippen molar-refractivity contribution in [2.45, 2.75) is 6.54 Å². The van der Waals surface area contributed by atoms with Crippen LogP contribution in [0.3, 0.4) is 0 Å². The van der Waals surface area contributed by atoms with Crippen LogP contribution in [0.1, 0.15) is 16.3 Å². The van der Waals surface area contributed by atoms with Gasteiger partial charge in [-0.2, -0.15) is 0 Å². The Labute approximate surface area is 174 Å². The van der Waals surface area contributed by atoms with Crippen molar-refractivity contribution in [3.05, 3.63) is 87.8 Å². The number of rotatable bonds is 6. The van der Waals surface area contributed by atoms with Crippen LogP contribution in [-0.4, -0.2) is 22.6 Å². The van der Waals surface area contributed by atoms with Gasteiger partial charge in [-0.3, -0.25) is 14.9 Å². The average Bonchev–Trinajstić information content (AvgIpc) is 3.39. The number of ether oxygens (including phenoxy) is 1. The van der Waals surface area contributed by atoms with Crippen LogP contribution in [0.25, 0.3) is 11.3 Å². The summed E-state index contributed by atoms with van der Waals surface area (Å²) in [6.07, 6.45) is 1.64. The molecule has 0 fully saturated rings. The Morgan fingerprint density at radius 2 is 2.13 bits per heavy atom. The molecule has 0 radical (unpaired) electrons. The normalized spacial score (nSPS) is 10.7. The van der Waals surface area contributed by atoms with Crippen LogP contribution < -0.4 is 15.6 Å². The van der Waals surface area contributed by atoms with Gasteiger partial charge in [-0.05, 0) is 36.4 Å². The van der Waals surface area contributed by atoms with Crippen molar-refractivity contribution in [2.24, 2.45) is 0 Å². The van der Waals surface area contributed by atoms with Crippen molar-refractivity contribution in [1.29, 1.82) is 0 Å². The minimum absolute atomic E-state index is 0.0984. The van der Waals surface area contributed by atoms with E-state index in [0.717, 1.165) is 0 Å². The van der Waals surface area contributed by atoms with Crippen LogP contribution in [0.4, 0.5) is 9.52 Å². The molecular weight excluding hydrogens is 409 g/mol. The van der Waals surface area contributed by atoms with E-state index in [2.05, 4.69) is 10.3 Å². The highest BCUT2D eigenvalue weighted by molar-refractivity contribution is 7.14. The Morgan fingerprint density at radius 3 is 2.90 bits per heavy atom. The van der Waals surface area contributed by atoms with Gasteiger partial charge in [0, 0.05) is 23.2 Å². The van der Waals surface area contributed by atoms with E-state index in [1.807, 2.05) is 0 Å². The predicted octanol–water partition coefficient (Wildman–Crippen LogP) is 4.01. The zero-order valence-corrected chi connectivity index (χ0v) is 16.6. The molecule has 3 heterocycles. The third-order valence-corrected chi connectivity index (χ3v) is 5.04. The first-order valence-corrected chi connectivity index (χ1v) is 9.76. The first-order chi connectivity index (χ1) is 14.5. The number of aromatic nitrogens is 2. The summed E-state index contributed by atoms with van der Waals surface area (Å²) in [5, 5.41) is 4.73. The van der Waals surface area contributed by atoms with Crippen molar-refractivity contribution in [1.82, 2.24) is 9.55 Å². The highest BCUT2D eigenvalue weighted by Gasteiger charge is 2.15. The van der Waals surface area contributed by atoms with Crippen molar-refractivity contribution in [3.8, 4) is 17.0 Å². The average molecular weight is 425 g/mol. The van der Waals surface area contributed by atoms with Gasteiger partial charge < -0.3 is 13.7 Å². The highest BCUT2D eigenvalue weighted by Crippen LogP contribution is 2.28. The first kappa shape index (κ1) is 19.6. The zero-order chi connectivity index (χ0) is 21.1. The molecule has 0 aliphatic carbocycles.